The van der Waals surface area contributed by atoms with Crippen molar-refractivity contribution < 1.29 is 17.9 Å². The van der Waals surface area contributed by atoms with E-state index < -0.39 is 10.0 Å². The lowest BCUT2D eigenvalue weighted by molar-refractivity contribution is -0.121. The third kappa shape index (κ3) is 6.29. The zero-order chi connectivity index (χ0) is 19.9. The van der Waals surface area contributed by atoms with Crippen LogP contribution in [0.15, 0.2) is 54.6 Å². The summed E-state index contributed by atoms with van der Waals surface area (Å²) in [6.07, 6.45) is 1.86. The van der Waals surface area contributed by atoms with Crippen molar-refractivity contribution in [2.75, 3.05) is 24.2 Å². The Morgan fingerprint density at radius 2 is 1.74 bits per heavy atom. The van der Waals surface area contributed by atoms with Gasteiger partial charge in [0.15, 0.2) is 0 Å². The van der Waals surface area contributed by atoms with Gasteiger partial charge in [-0.1, -0.05) is 30.3 Å². The van der Waals surface area contributed by atoms with Crippen molar-refractivity contribution in [3.63, 3.8) is 0 Å². The van der Waals surface area contributed by atoms with Crippen molar-refractivity contribution in [1.82, 2.24) is 5.32 Å². The second-order valence-electron chi connectivity index (χ2n) is 6.34. The number of nitrogens with zero attached hydrogens (tertiary/aromatic N) is 1. The van der Waals surface area contributed by atoms with Gasteiger partial charge in [0.05, 0.1) is 25.1 Å². The molecule has 1 atom stereocenters. The molecule has 0 spiro atoms. The molecule has 2 aromatic rings. The van der Waals surface area contributed by atoms with Crippen LogP contribution in [0.5, 0.6) is 5.75 Å². The number of hydrogen-bond acceptors (Lipinski definition) is 4. The number of hydrogen-bond donors (Lipinski definition) is 1. The molecule has 2 aromatic carbocycles. The number of anilines is 1. The lowest BCUT2D eigenvalue weighted by Crippen LogP contribution is -2.32. The molecular weight excluding hydrogens is 364 g/mol. The van der Waals surface area contributed by atoms with Crippen molar-refractivity contribution >= 4 is 21.6 Å². The Bertz CT molecular complexity index is 836. The Labute approximate surface area is 161 Å². The predicted molar refractivity (Wildman–Crippen MR) is 107 cm³/mol. The number of rotatable bonds is 9. The van der Waals surface area contributed by atoms with Gasteiger partial charge in [-0.25, -0.2) is 8.42 Å². The first-order chi connectivity index (χ1) is 12.8. The van der Waals surface area contributed by atoms with Gasteiger partial charge < -0.3 is 10.1 Å². The largest absolute Gasteiger partial charge is 0.497 e. The summed E-state index contributed by atoms with van der Waals surface area (Å²) >= 11 is 0. The number of methoxy groups -OCH3 is 1. The highest BCUT2D eigenvalue weighted by Gasteiger charge is 2.17. The molecule has 0 heterocycles. The van der Waals surface area contributed by atoms with Crippen LogP contribution >= 0.6 is 0 Å². The first-order valence-electron chi connectivity index (χ1n) is 8.77. The molecule has 27 heavy (non-hydrogen) atoms. The summed E-state index contributed by atoms with van der Waals surface area (Å²) in [7, 11) is -1.79. The molecule has 0 aromatic heterocycles. The molecule has 1 N–H and O–H groups in total. The smallest absolute Gasteiger partial charge is 0.232 e. The monoisotopic (exact) mass is 390 g/mol. The van der Waals surface area contributed by atoms with E-state index in [1.807, 2.05) is 37.3 Å². The SMILES string of the molecule is COc1ccc([C@H](C)NC(=O)CCCN(c2ccccc2)S(C)(=O)=O)cc1. The summed E-state index contributed by atoms with van der Waals surface area (Å²) in [5.41, 5.74) is 1.58. The van der Waals surface area contributed by atoms with E-state index >= 15 is 0 Å². The van der Waals surface area contributed by atoms with E-state index in [1.54, 1.807) is 31.4 Å². The van der Waals surface area contributed by atoms with Gasteiger partial charge >= 0.3 is 0 Å². The summed E-state index contributed by atoms with van der Waals surface area (Å²) in [4.78, 5) is 12.2. The van der Waals surface area contributed by atoms with Crippen LogP contribution in [0.2, 0.25) is 0 Å². The summed E-state index contributed by atoms with van der Waals surface area (Å²) < 4.78 is 30.5. The van der Waals surface area contributed by atoms with Crippen molar-refractivity contribution in [2.45, 2.75) is 25.8 Å². The van der Waals surface area contributed by atoms with E-state index in [0.717, 1.165) is 11.3 Å². The van der Waals surface area contributed by atoms with Crippen LogP contribution in [0, 0.1) is 0 Å². The van der Waals surface area contributed by atoms with E-state index in [4.69, 9.17) is 4.74 Å². The molecular formula is C20H26N2O4S. The molecule has 0 unspecified atom stereocenters. The molecule has 0 aliphatic heterocycles. The average Bonchev–Trinajstić information content (AvgIpc) is 2.65. The number of carbonyl (C=O) groups is 1. The standard InChI is InChI=1S/C20H26N2O4S/c1-16(17-11-13-19(26-2)14-12-17)21-20(23)10-7-15-22(27(3,24)25)18-8-5-4-6-9-18/h4-6,8-9,11-14,16H,7,10,15H2,1-3H3,(H,21,23)/t16-/m0/s1. The molecule has 0 aliphatic carbocycles. The molecule has 7 heteroatoms. The van der Waals surface area contributed by atoms with E-state index in [-0.39, 0.29) is 24.9 Å². The lowest BCUT2D eigenvalue weighted by Gasteiger charge is -2.22. The average molecular weight is 391 g/mol. The Kier molecular flexibility index (Phi) is 7.24. The fraction of sp³-hybridized carbons (Fsp3) is 0.350. The van der Waals surface area contributed by atoms with Crippen molar-refractivity contribution in [3.05, 3.63) is 60.2 Å². The summed E-state index contributed by atoms with van der Waals surface area (Å²) in [6, 6.07) is 16.3. The van der Waals surface area contributed by atoms with Crippen LogP contribution in [-0.2, 0) is 14.8 Å². The second-order valence-corrected chi connectivity index (χ2v) is 8.24. The highest BCUT2D eigenvalue weighted by Crippen LogP contribution is 2.19. The minimum Gasteiger partial charge on any atom is -0.497 e. The van der Waals surface area contributed by atoms with Gasteiger partial charge in [0.2, 0.25) is 15.9 Å². The van der Waals surface area contributed by atoms with Gasteiger partial charge in [-0.15, -0.1) is 0 Å². The molecule has 0 bridgehead atoms. The van der Waals surface area contributed by atoms with E-state index in [9.17, 15) is 13.2 Å². The van der Waals surface area contributed by atoms with Crippen molar-refractivity contribution in [3.8, 4) is 5.75 Å². The van der Waals surface area contributed by atoms with E-state index in [1.165, 1.54) is 10.6 Å². The molecule has 146 valence electrons. The van der Waals surface area contributed by atoms with Crippen LogP contribution in [0.25, 0.3) is 0 Å². The maximum Gasteiger partial charge on any atom is 0.232 e. The summed E-state index contributed by atoms with van der Waals surface area (Å²) in [6.45, 7) is 2.17. The van der Waals surface area contributed by atoms with Crippen molar-refractivity contribution in [2.24, 2.45) is 0 Å². The Hall–Kier alpha value is -2.54. The third-order valence-electron chi connectivity index (χ3n) is 4.20. The molecule has 0 aliphatic rings. The molecule has 0 saturated heterocycles. The van der Waals surface area contributed by atoms with Gasteiger partial charge in [0, 0.05) is 13.0 Å². The van der Waals surface area contributed by atoms with E-state index in [0.29, 0.717) is 12.1 Å². The van der Waals surface area contributed by atoms with Gasteiger partial charge in [-0.05, 0) is 43.2 Å². The number of benzene rings is 2. The normalized spacial score (nSPS) is 12.3. The van der Waals surface area contributed by atoms with Gasteiger partial charge in [0.25, 0.3) is 0 Å². The predicted octanol–water partition coefficient (Wildman–Crippen LogP) is 3.12. The highest BCUT2D eigenvalue weighted by molar-refractivity contribution is 7.92. The van der Waals surface area contributed by atoms with Crippen LogP contribution in [-0.4, -0.2) is 34.2 Å². The molecule has 2 rings (SSSR count). The van der Waals surface area contributed by atoms with Gasteiger partial charge in [-0.3, -0.25) is 9.10 Å². The maximum absolute atomic E-state index is 12.2. The number of para-hydroxylation sites is 1. The van der Waals surface area contributed by atoms with Crippen molar-refractivity contribution in [1.29, 1.82) is 0 Å². The topological polar surface area (TPSA) is 75.7 Å². The molecule has 0 fully saturated rings. The fourth-order valence-corrected chi connectivity index (χ4v) is 3.72. The fourth-order valence-electron chi connectivity index (χ4n) is 2.75. The maximum atomic E-state index is 12.2. The highest BCUT2D eigenvalue weighted by atomic mass is 32.2. The molecule has 1 amide bonds. The molecule has 0 radical (unpaired) electrons. The zero-order valence-corrected chi connectivity index (χ0v) is 16.7. The Balaban J connectivity index is 1.88. The van der Waals surface area contributed by atoms with Crippen LogP contribution in [0.4, 0.5) is 5.69 Å². The van der Waals surface area contributed by atoms with Crippen LogP contribution < -0.4 is 14.4 Å². The molecule has 0 saturated carbocycles. The minimum absolute atomic E-state index is 0.111. The Morgan fingerprint density at radius 1 is 1.11 bits per heavy atom. The lowest BCUT2D eigenvalue weighted by atomic mass is 10.1. The second kappa shape index (κ2) is 9.41. The number of carbonyl (C=O) groups excluding carboxylic acids is 1. The zero-order valence-electron chi connectivity index (χ0n) is 15.9. The van der Waals surface area contributed by atoms with Crippen LogP contribution in [0.1, 0.15) is 31.4 Å². The van der Waals surface area contributed by atoms with E-state index in [2.05, 4.69) is 5.32 Å². The summed E-state index contributed by atoms with van der Waals surface area (Å²) in [5.74, 6) is 0.652. The number of ether oxygens (including phenoxy) is 1. The summed E-state index contributed by atoms with van der Waals surface area (Å²) in [5, 5.41) is 2.94. The quantitative estimate of drug-likeness (QED) is 0.714. The number of nitrogens with one attached hydrogen (secondary N) is 1. The first-order valence-corrected chi connectivity index (χ1v) is 10.6. The third-order valence-corrected chi connectivity index (χ3v) is 5.40. The Morgan fingerprint density at radius 3 is 2.30 bits per heavy atom. The minimum atomic E-state index is -3.40. The van der Waals surface area contributed by atoms with Gasteiger partial charge in [0.1, 0.15) is 5.75 Å². The van der Waals surface area contributed by atoms with Gasteiger partial charge in [-0.2, -0.15) is 0 Å². The number of amides is 1. The van der Waals surface area contributed by atoms with Crippen LogP contribution in [0.3, 0.4) is 0 Å². The number of sulfonamides is 1. The molecule has 6 nitrogen and oxygen atoms in total. The first kappa shape index (κ1) is 20.8.